The molecular formula is C19H20N2O4. The van der Waals surface area contributed by atoms with Gasteiger partial charge in [0, 0.05) is 6.42 Å². The third-order valence-corrected chi connectivity index (χ3v) is 3.97. The number of aryl methyl sites for hydroxylation is 1. The second kappa shape index (κ2) is 7.70. The molecule has 25 heavy (non-hydrogen) atoms. The topological polar surface area (TPSA) is 76.7 Å². The quantitative estimate of drug-likeness (QED) is 0.814. The summed E-state index contributed by atoms with van der Waals surface area (Å²) >= 11 is 0. The van der Waals surface area contributed by atoms with Crippen molar-refractivity contribution in [2.24, 2.45) is 0 Å². The first kappa shape index (κ1) is 16.8. The molecule has 0 saturated heterocycles. The second-order valence-corrected chi connectivity index (χ2v) is 5.74. The molecule has 2 amide bonds. The summed E-state index contributed by atoms with van der Waals surface area (Å²) in [7, 11) is 0. The first-order valence-electron chi connectivity index (χ1n) is 8.20. The van der Waals surface area contributed by atoms with Gasteiger partial charge < -0.3 is 9.47 Å². The van der Waals surface area contributed by atoms with E-state index in [1.54, 1.807) is 0 Å². The third kappa shape index (κ3) is 4.29. The van der Waals surface area contributed by atoms with Crippen molar-refractivity contribution in [3.8, 4) is 11.5 Å². The molecule has 1 aliphatic rings. The molecule has 3 rings (SSSR count). The van der Waals surface area contributed by atoms with Gasteiger partial charge in [0.15, 0.2) is 12.7 Å². The standard InChI is InChI=1S/C19H20N2O4/c1-2-13-7-9-15(10-8-13)24-12-18(22)20-21-19(23)17-11-14-5-3-4-6-16(14)25-17/h3-10,17H,2,11-12H2,1H3,(H,20,22)(H,21,23)/t17-/m1/s1. The summed E-state index contributed by atoms with van der Waals surface area (Å²) in [6.07, 6.45) is 0.790. The van der Waals surface area contributed by atoms with E-state index in [1.807, 2.05) is 48.5 Å². The molecule has 0 aromatic heterocycles. The summed E-state index contributed by atoms with van der Waals surface area (Å²) in [6.45, 7) is 1.88. The molecule has 0 aliphatic carbocycles. The number of hydrazine groups is 1. The molecule has 0 saturated carbocycles. The zero-order chi connectivity index (χ0) is 17.6. The highest BCUT2D eigenvalue weighted by Crippen LogP contribution is 2.27. The Labute approximate surface area is 146 Å². The molecule has 2 N–H and O–H groups in total. The molecule has 6 heteroatoms. The largest absolute Gasteiger partial charge is 0.484 e. The van der Waals surface area contributed by atoms with E-state index in [2.05, 4.69) is 17.8 Å². The smallest absolute Gasteiger partial charge is 0.279 e. The van der Waals surface area contributed by atoms with E-state index in [0.29, 0.717) is 17.9 Å². The molecule has 0 fully saturated rings. The van der Waals surface area contributed by atoms with Crippen LogP contribution in [0.1, 0.15) is 18.1 Å². The van der Waals surface area contributed by atoms with Crippen LogP contribution >= 0.6 is 0 Å². The maximum absolute atomic E-state index is 12.1. The predicted molar refractivity (Wildman–Crippen MR) is 92.2 cm³/mol. The lowest BCUT2D eigenvalue weighted by Crippen LogP contribution is -2.49. The summed E-state index contributed by atoms with van der Waals surface area (Å²) in [6, 6.07) is 15.0. The van der Waals surface area contributed by atoms with Crippen LogP contribution in [0.15, 0.2) is 48.5 Å². The molecule has 2 aromatic rings. The van der Waals surface area contributed by atoms with Gasteiger partial charge in [-0.1, -0.05) is 37.3 Å². The van der Waals surface area contributed by atoms with Crippen LogP contribution in [0, 0.1) is 0 Å². The van der Waals surface area contributed by atoms with Gasteiger partial charge in [0.05, 0.1) is 0 Å². The number of hydrogen-bond acceptors (Lipinski definition) is 4. The van der Waals surface area contributed by atoms with Gasteiger partial charge in [-0.15, -0.1) is 0 Å². The Bertz CT molecular complexity index is 733. The van der Waals surface area contributed by atoms with Crippen molar-refractivity contribution in [1.29, 1.82) is 0 Å². The van der Waals surface area contributed by atoms with Gasteiger partial charge in [-0.05, 0) is 35.7 Å². The number of benzene rings is 2. The van der Waals surface area contributed by atoms with Crippen molar-refractivity contribution < 1.29 is 19.1 Å². The molecule has 130 valence electrons. The fraction of sp³-hybridized carbons (Fsp3) is 0.263. The van der Waals surface area contributed by atoms with Crippen molar-refractivity contribution in [2.75, 3.05) is 6.61 Å². The summed E-state index contributed by atoms with van der Waals surface area (Å²) in [5, 5.41) is 0. The van der Waals surface area contributed by atoms with Crippen molar-refractivity contribution >= 4 is 11.8 Å². The maximum atomic E-state index is 12.1. The molecule has 0 unspecified atom stereocenters. The van der Waals surface area contributed by atoms with Crippen molar-refractivity contribution in [2.45, 2.75) is 25.9 Å². The van der Waals surface area contributed by atoms with E-state index in [1.165, 1.54) is 5.56 Å². The second-order valence-electron chi connectivity index (χ2n) is 5.74. The third-order valence-electron chi connectivity index (χ3n) is 3.97. The molecule has 2 aromatic carbocycles. The molecule has 6 nitrogen and oxygen atoms in total. The van der Waals surface area contributed by atoms with Crippen LogP contribution in [-0.4, -0.2) is 24.5 Å². The van der Waals surface area contributed by atoms with E-state index in [9.17, 15) is 9.59 Å². The molecule has 0 bridgehead atoms. The highest BCUT2D eigenvalue weighted by molar-refractivity contribution is 5.86. The first-order valence-corrected chi connectivity index (χ1v) is 8.20. The lowest BCUT2D eigenvalue weighted by Gasteiger charge is -2.12. The Morgan fingerprint density at radius 2 is 1.88 bits per heavy atom. The Kier molecular flexibility index (Phi) is 5.18. The number of carbonyl (C=O) groups excluding carboxylic acids is 2. The minimum Gasteiger partial charge on any atom is -0.484 e. The van der Waals surface area contributed by atoms with Crippen LogP contribution in [-0.2, 0) is 22.4 Å². The monoisotopic (exact) mass is 340 g/mol. The first-order chi connectivity index (χ1) is 12.2. The molecule has 1 aliphatic heterocycles. The number of carbonyl (C=O) groups is 2. The highest BCUT2D eigenvalue weighted by Gasteiger charge is 2.28. The Hall–Kier alpha value is -3.02. The van der Waals surface area contributed by atoms with Crippen molar-refractivity contribution in [1.82, 2.24) is 10.9 Å². The SMILES string of the molecule is CCc1ccc(OCC(=O)NNC(=O)[C@H]2Cc3ccccc3O2)cc1. The molecule has 1 heterocycles. The van der Waals surface area contributed by atoms with Gasteiger partial charge in [-0.3, -0.25) is 20.4 Å². The fourth-order valence-electron chi connectivity index (χ4n) is 2.55. The van der Waals surface area contributed by atoms with Gasteiger partial charge in [0.1, 0.15) is 11.5 Å². The number of hydrogen-bond donors (Lipinski definition) is 2. The fourth-order valence-corrected chi connectivity index (χ4v) is 2.55. The number of fused-ring (bicyclic) bond motifs is 1. The van der Waals surface area contributed by atoms with Crippen LogP contribution in [0.3, 0.4) is 0 Å². The van der Waals surface area contributed by atoms with E-state index in [-0.39, 0.29) is 6.61 Å². The lowest BCUT2D eigenvalue weighted by atomic mass is 10.1. The number of ether oxygens (including phenoxy) is 2. The Morgan fingerprint density at radius 1 is 1.12 bits per heavy atom. The number of amides is 2. The summed E-state index contributed by atoms with van der Waals surface area (Å²) in [5.41, 5.74) is 6.88. The average Bonchev–Trinajstić information content (AvgIpc) is 3.09. The van der Waals surface area contributed by atoms with E-state index in [4.69, 9.17) is 9.47 Å². The highest BCUT2D eigenvalue weighted by atomic mass is 16.5. The minimum atomic E-state index is -0.639. The summed E-state index contributed by atoms with van der Waals surface area (Å²) in [4.78, 5) is 23.9. The van der Waals surface area contributed by atoms with Gasteiger partial charge in [0.25, 0.3) is 11.8 Å². The summed E-state index contributed by atoms with van der Waals surface area (Å²) < 4.78 is 10.9. The van der Waals surface area contributed by atoms with Crippen molar-refractivity contribution in [3.63, 3.8) is 0 Å². The summed E-state index contributed by atoms with van der Waals surface area (Å²) in [5.74, 6) is 0.473. The normalized spacial score (nSPS) is 15.0. The van der Waals surface area contributed by atoms with Gasteiger partial charge in [-0.2, -0.15) is 0 Å². The molecule has 0 spiro atoms. The lowest BCUT2D eigenvalue weighted by molar-refractivity contribution is -0.133. The Balaban J connectivity index is 1.41. The van der Waals surface area contributed by atoms with E-state index in [0.717, 1.165) is 12.0 Å². The van der Waals surface area contributed by atoms with Crippen molar-refractivity contribution in [3.05, 3.63) is 59.7 Å². The molecular weight excluding hydrogens is 320 g/mol. The zero-order valence-electron chi connectivity index (χ0n) is 14.0. The molecule has 0 radical (unpaired) electrons. The Morgan fingerprint density at radius 3 is 2.60 bits per heavy atom. The van der Waals surface area contributed by atoms with Crippen LogP contribution in [0.2, 0.25) is 0 Å². The van der Waals surface area contributed by atoms with Gasteiger partial charge in [0.2, 0.25) is 0 Å². The maximum Gasteiger partial charge on any atom is 0.279 e. The van der Waals surface area contributed by atoms with Crippen LogP contribution in [0.5, 0.6) is 11.5 Å². The predicted octanol–water partition coefficient (Wildman–Crippen LogP) is 1.78. The number of rotatable bonds is 5. The average molecular weight is 340 g/mol. The van der Waals surface area contributed by atoms with E-state index >= 15 is 0 Å². The minimum absolute atomic E-state index is 0.183. The zero-order valence-corrected chi connectivity index (χ0v) is 14.0. The van der Waals surface area contributed by atoms with Gasteiger partial charge in [-0.25, -0.2) is 0 Å². The van der Waals surface area contributed by atoms with Crippen LogP contribution < -0.4 is 20.3 Å². The van der Waals surface area contributed by atoms with Crippen LogP contribution in [0.4, 0.5) is 0 Å². The number of para-hydroxylation sites is 1. The van der Waals surface area contributed by atoms with Gasteiger partial charge >= 0.3 is 0 Å². The van der Waals surface area contributed by atoms with Crippen LogP contribution in [0.25, 0.3) is 0 Å². The molecule has 1 atom stereocenters. The van der Waals surface area contributed by atoms with E-state index < -0.39 is 17.9 Å². The number of nitrogens with one attached hydrogen (secondary N) is 2.